The highest BCUT2D eigenvalue weighted by Crippen LogP contribution is 2.26. The van der Waals surface area contributed by atoms with Crippen LogP contribution in [-0.2, 0) is 11.2 Å². The normalized spacial score (nSPS) is 11.7. The molecule has 1 N–H and O–H groups in total. The summed E-state index contributed by atoms with van der Waals surface area (Å²) < 4.78 is 10.5. The Balaban J connectivity index is 1.92. The van der Waals surface area contributed by atoms with Crippen LogP contribution in [0.15, 0.2) is 42.5 Å². The van der Waals surface area contributed by atoms with Gasteiger partial charge in [0.05, 0.1) is 20.3 Å². The second kappa shape index (κ2) is 8.39. The lowest BCUT2D eigenvalue weighted by atomic mass is 10.0. The Morgan fingerprint density at radius 1 is 1.08 bits per heavy atom. The lowest BCUT2D eigenvalue weighted by molar-refractivity contribution is -0.121. The second-order valence-electron chi connectivity index (χ2n) is 5.88. The smallest absolute Gasteiger partial charge is 0.220 e. The number of ether oxygens (including phenoxy) is 2. The summed E-state index contributed by atoms with van der Waals surface area (Å²) in [6.07, 6.45) is 1.15. The summed E-state index contributed by atoms with van der Waals surface area (Å²) in [5.74, 6) is 1.65. The predicted octanol–water partition coefficient (Wildman–Crippen LogP) is 3.82. The molecule has 0 saturated heterocycles. The molecular weight excluding hydrogens is 302 g/mol. The molecule has 24 heavy (non-hydrogen) atoms. The highest BCUT2D eigenvalue weighted by molar-refractivity contribution is 5.76. The fourth-order valence-electron chi connectivity index (χ4n) is 2.63. The molecular formula is C20H25NO3. The fraction of sp³-hybridized carbons (Fsp3) is 0.350. The topological polar surface area (TPSA) is 47.6 Å². The highest BCUT2D eigenvalue weighted by atomic mass is 16.5. The minimum atomic E-state index is -0.0942. The summed E-state index contributed by atoms with van der Waals surface area (Å²) in [5.41, 5.74) is 3.26. The van der Waals surface area contributed by atoms with Crippen molar-refractivity contribution in [3.05, 3.63) is 59.2 Å². The molecule has 1 atom stereocenters. The zero-order valence-electron chi connectivity index (χ0n) is 14.8. The van der Waals surface area contributed by atoms with E-state index >= 15 is 0 Å². The fourth-order valence-corrected chi connectivity index (χ4v) is 2.63. The number of methoxy groups -OCH3 is 2. The van der Waals surface area contributed by atoms with Crippen LogP contribution in [-0.4, -0.2) is 20.1 Å². The first kappa shape index (κ1) is 17.9. The van der Waals surface area contributed by atoms with E-state index in [1.165, 1.54) is 0 Å². The Hall–Kier alpha value is -2.49. The van der Waals surface area contributed by atoms with Crippen molar-refractivity contribution >= 4 is 5.91 Å². The van der Waals surface area contributed by atoms with Gasteiger partial charge in [0.2, 0.25) is 5.91 Å². The van der Waals surface area contributed by atoms with E-state index in [4.69, 9.17) is 9.47 Å². The van der Waals surface area contributed by atoms with Crippen LogP contribution in [0.2, 0.25) is 0 Å². The van der Waals surface area contributed by atoms with Crippen LogP contribution < -0.4 is 14.8 Å². The van der Waals surface area contributed by atoms with Gasteiger partial charge in [0, 0.05) is 12.0 Å². The van der Waals surface area contributed by atoms with Gasteiger partial charge < -0.3 is 14.8 Å². The number of amides is 1. The third kappa shape index (κ3) is 4.75. The van der Waals surface area contributed by atoms with Gasteiger partial charge >= 0.3 is 0 Å². The second-order valence-corrected chi connectivity index (χ2v) is 5.88. The molecule has 1 unspecified atom stereocenters. The van der Waals surface area contributed by atoms with E-state index in [1.807, 2.05) is 56.3 Å². The van der Waals surface area contributed by atoms with Crippen molar-refractivity contribution in [2.75, 3.05) is 14.2 Å². The minimum absolute atomic E-state index is 0.0295. The molecule has 0 bridgehead atoms. The average Bonchev–Trinajstić information content (AvgIpc) is 2.60. The predicted molar refractivity (Wildman–Crippen MR) is 95.6 cm³/mol. The van der Waals surface area contributed by atoms with E-state index in [9.17, 15) is 4.79 Å². The minimum Gasteiger partial charge on any atom is -0.497 e. The number of rotatable bonds is 7. The van der Waals surface area contributed by atoms with Crippen molar-refractivity contribution in [1.29, 1.82) is 0 Å². The Bertz CT molecular complexity index is 680. The monoisotopic (exact) mass is 327 g/mol. The molecule has 1 amide bonds. The number of benzene rings is 2. The molecule has 2 aromatic carbocycles. The number of aryl methyl sites for hydroxylation is 2. The first-order chi connectivity index (χ1) is 11.5. The zero-order chi connectivity index (χ0) is 17.5. The molecule has 0 aliphatic carbocycles. The van der Waals surface area contributed by atoms with E-state index < -0.39 is 0 Å². The molecule has 0 aliphatic rings. The van der Waals surface area contributed by atoms with Gasteiger partial charge in [-0.1, -0.05) is 29.8 Å². The summed E-state index contributed by atoms with van der Waals surface area (Å²) in [6.45, 7) is 4.00. The number of nitrogens with one attached hydrogen (secondary N) is 1. The third-order valence-electron chi connectivity index (χ3n) is 4.03. The van der Waals surface area contributed by atoms with Crippen molar-refractivity contribution < 1.29 is 14.3 Å². The van der Waals surface area contributed by atoms with E-state index in [0.29, 0.717) is 12.8 Å². The van der Waals surface area contributed by atoms with Crippen molar-refractivity contribution in [3.8, 4) is 11.5 Å². The maximum absolute atomic E-state index is 12.2. The van der Waals surface area contributed by atoms with Crippen LogP contribution in [0.1, 0.15) is 36.1 Å². The van der Waals surface area contributed by atoms with Crippen molar-refractivity contribution in [1.82, 2.24) is 5.32 Å². The van der Waals surface area contributed by atoms with E-state index in [1.54, 1.807) is 14.2 Å². The summed E-state index contributed by atoms with van der Waals surface area (Å²) in [4.78, 5) is 12.2. The van der Waals surface area contributed by atoms with Gasteiger partial charge in [-0.3, -0.25) is 4.79 Å². The van der Waals surface area contributed by atoms with Crippen LogP contribution in [0.3, 0.4) is 0 Å². The largest absolute Gasteiger partial charge is 0.497 e. The summed E-state index contributed by atoms with van der Waals surface area (Å²) in [5, 5.41) is 3.05. The van der Waals surface area contributed by atoms with Crippen molar-refractivity contribution in [3.63, 3.8) is 0 Å². The van der Waals surface area contributed by atoms with Gasteiger partial charge in [0.1, 0.15) is 11.5 Å². The average molecular weight is 327 g/mol. The van der Waals surface area contributed by atoms with E-state index in [0.717, 1.165) is 28.2 Å². The molecule has 0 saturated carbocycles. The van der Waals surface area contributed by atoms with E-state index in [-0.39, 0.29) is 11.9 Å². The van der Waals surface area contributed by atoms with Crippen LogP contribution in [0.5, 0.6) is 11.5 Å². The Labute approximate surface area is 143 Å². The quantitative estimate of drug-likeness (QED) is 0.841. The summed E-state index contributed by atoms with van der Waals surface area (Å²) in [7, 11) is 3.29. The Kier molecular flexibility index (Phi) is 6.24. The highest BCUT2D eigenvalue weighted by Gasteiger charge is 2.14. The Morgan fingerprint density at radius 3 is 2.42 bits per heavy atom. The maximum atomic E-state index is 12.2. The lowest BCUT2D eigenvalue weighted by Crippen LogP contribution is -2.27. The van der Waals surface area contributed by atoms with Crippen molar-refractivity contribution in [2.45, 2.75) is 32.7 Å². The van der Waals surface area contributed by atoms with Gasteiger partial charge in [-0.25, -0.2) is 0 Å². The number of carbonyl (C=O) groups excluding carboxylic acids is 1. The number of hydrogen-bond donors (Lipinski definition) is 1. The maximum Gasteiger partial charge on any atom is 0.220 e. The molecule has 0 spiro atoms. The van der Waals surface area contributed by atoms with Crippen LogP contribution in [0.4, 0.5) is 0 Å². The standard InChI is InChI=1S/C20H25NO3/c1-14-5-11-19(24-4)18(13-14)15(2)21-20(22)12-8-16-6-9-17(23-3)10-7-16/h5-7,9-11,13,15H,8,12H2,1-4H3,(H,21,22). The van der Waals surface area contributed by atoms with Gasteiger partial charge in [-0.2, -0.15) is 0 Å². The lowest BCUT2D eigenvalue weighted by Gasteiger charge is -2.18. The molecule has 4 nitrogen and oxygen atoms in total. The van der Waals surface area contributed by atoms with Crippen LogP contribution in [0, 0.1) is 6.92 Å². The zero-order valence-corrected chi connectivity index (χ0v) is 14.8. The van der Waals surface area contributed by atoms with Gasteiger partial charge in [-0.15, -0.1) is 0 Å². The van der Waals surface area contributed by atoms with Crippen molar-refractivity contribution in [2.24, 2.45) is 0 Å². The summed E-state index contributed by atoms with van der Waals surface area (Å²) >= 11 is 0. The molecule has 128 valence electrons. The van der Waals surface area contributed by atoms with Gasteiger partial charge in [0.15, 0.2) is 0 Å². The van der Waals surface area contributed by atoms with Gasteiger partial charge in [-0.05, 0) is 44.0 Å². The molecule has 2 rings (SSSR count). The van der Waals surface area contributed by atoms with E-state index in [2.05, 4.69) is 5.32 Å². The summed E-state index contributed by atoms with van der Waals surface area (Å²) in [6, 6.07) is 13.7. The molecule has 0 aliphatic heterocycles. The molecule has 0 heterocycles. The van der Waals surface area contributed by atoms with Crippen LogP contribution >= 0.6 is 0 Å². The molecule has 4 heteroatoms. The SMILES string of the molecule is COc1ccc(CCC(=O)NC(C)c2cc(C)ccc2OC)cc1. The Morgan fingerprint density at radius 2 is 1.79 bits per heavy atom. The van der Waals surface area contributed by atoms with Crippen LogP contribution in [0.25, 0.3) is 0 Å². The molecule has 0 fully saturated rings. The first-order valence-electron chi connectivity index (χ1n) is 8.10. The molecule has 0 aromatic heterocycles. The molecule has 2 aromatic rings. The van der Waals surface area contributed by atoms with Gasteiger partial charge in [0.25, 0.3) is 0 Å². The number of hydrogen-bond acceptors (Lipinski definition) is 3. The molecule has 0 radical (unpaired) electrons. The number of carbonyl (C=O) groups is 1. The third-order valence-corrected chi connectivity index (χ3v) is 4.03. The first-order valence-corrected chi connectivity index (χ1v) is 8.10.